The Labute approximate surface area is 123 Å². The Morgan fingerprint density at radius 2 is 2.00 bits per heavy atom. The number of nitrogens with one attached hydrogen (secondary N) is 2. The number of nitrogens with zero attached hydrogens (tertiary/aromatic N) is 2. The molecule has 0 aliphatic heterocycles. The minimum atomic E-state index is 0.316. The minimum absolute atomic E-state index is 0.316. The van der Waals surface area contributed by atoms with Gasteiger partial charge in [0.25, 0.3) is 0 Å². The zero-order valence-corrected chi connectivity index (χ0v) is 12.1. The van der Waals surface area contributed by atoms with E-state index < -0.39 is 0 Å². The van der Waals surface area contributed by atoms with Crippen LogP contribution in [0.1, 0.15) is 25.3 Å². The number of nitrogen functional groups attached to an aromatic ring is 1. The maximum absolute atomic E-state index is 6.05. The molecule has 0 aliphatic rings. The van der Waals surface area contributed by atoms with Crippen LogP contribution in [0.4, 0.5) is 17.5 Å². The molecule has 106 valence electrons. The number of unbranched alkanes of at least 4 members (excludes halogenated alkanes) is 1. The zero-order valence-electron chi connectivity index (χ0n) is 11.4. The second-order valence-electron chi connectivity index (χ2n) is 4.46. The average molecular weight is 292 g/mol. The number of hydrogen-bond acceptors (Lipinski definition) is 5. The number of nitrogens with two attached hydrogens (primary N) is 1. The van der Waals surface area contributed by atoms with Gasteiger partial charge in [0.05, 0.1) is 6.20 Å². The normalized spacial score (nSPS) is 10.3. The Bertz CT molecular complexity index is 556. The summed E-state index contributed by atoms with van der Waals surface area (Å²) in [5.74, 6) is 6.12. The van der Waals surface area contributed by atoms with E-state index in [1.165, 1.54) is 24.6 Å². The molecule has 0 radical (unpaired) electrons. The highest BCUT2D eigenvalue weighted by Crippen LogP contribution is 2.23. The summed E-state index contributed by atoms with van der Waals surface area (Å²) in [5, 5.41) is 3.60. The molecule has 0 saturated heterocycles. The van der Waals surface area contributed by atoms with Gasteiger partial charge in [0.1, 0.15) is 5.02 Å². The molecule has 5 nitrogen and oxygen atoms in total. The van der Waals surface area contributed by atoms with Crippen molar-refractivity contribution in [2.24, 2.45) is 5.84 Å². The lowest BCUT2D eigenvalue weighted by molar-refractivity contribution is 0.795. The quantitative estimate of drug-likeness (QED) is 0.561. The summed E-state index contributed by atoms with van der Waals surface area (Å²) >= 11 is 6.05. The van der Waals surface area contributed by atoms with Gasteiger partial charge < -0.3 is 5.32 Å². The number of hydrogen-bond donors (Lipinski definition) is 3. The van der Waals surface area contributed by atoms with Crippen LogP contribution in [0.25, 0.3) is 0 Å². The monoisotopic (exact) mass is 291 g/mol. The minimum Gasteiger partial charge on any atom is -0.339 e. The fraction of sp³-hybridized carbons (Fsp3) is 0.286. The van der Waals surface area contributed by atoms with E-state index in [0.717, 1.165) is 12.1 Å². The molecule has 1 heterocycles. The molecule has 0 aliphatic carbocycles. The lowest BCUT2D eigenvalue weighted by atomic mass is 10.1. The molecule has 1 aromatic carbocycles. The van der Waals surface area contributed by atoms with Crippen LogP contribution in [0.5, 0.6) is 0 Å². The van der Waals surface area contributed by atoms with Crippen molar-refractivity contribution in [3.8, 4) is 0 Å². The summed E-state index contributed by atoms with van der Waals surface area (Å²) < 4.78 is 0. The predicted octanol–water partition coefficient (Wildman–Crippen LogP) is 3.50. The van der Waals surface area contributed by atoms with Crippen molar-refractivity contribution >= 4 is 29.1 Å². The van der Waals surface area contributed by atoms with Gasteiger partial charge in [0.15, 0.2) is 5.82 Å². The second kappa shape index (κ2) is 7.07. The number of hydrazine groups is 1. The summed E-state index contributed by atoms with van der Waals surface area (Å²) in [7, 11) is 0. The molecule has 0 unspecified atom stereocenters. The molecule has 20 heavy (non-hydrogen) atoms. The van der Waals surface area contributed by atoms with Crippen LogP contribution in [0.15, 0.2) is 30.5 Å². The van der Waals surface area contributed by atoms with E-state index in [4.69, 9.17) is 17.4 Å². The zero-order chi connectivity index (χ0) is 14.4. The third kappa shape index (κ3) is 3.82. The van der Waals surface area contributed by atoms with Gasteiger partial charge in [-0.1, -0.05) is 37.1 Å². The lowest BCUT2D eigenvalue weighted by Crippen LogP contribution is -2.11. The van der Waals surface area contributed by atoms with Crippen molar-refractivity contribution in [2.45, 2.75) is 26.2 Å². The van der Waals surface area contributed by atoms with Crippen LogP contribution in [-0.2, 0) is 6.42 Å². The fourth-order valence-corrected chi connectivity index (χ4v) is 1.93. The Hall–Kier alpha value is -1.85. The molecule has 0 bridgehead atoms. The molecule has 2 rings (SSSR count). The Morgan fingerprint density at radius 1 is 1.25 bits per heavy atom. The van der Waals surface area contributed by atoms with Crippen molar-refractivity contribution < 1.29 is 0 Å². The first-order valence-corrected chi connectivity index (χ1v) is 6.96. The number of aryl methyl sites for hydroxylation is 1. The fourth-order valence-electron chi connectivity index (χ4n) is 1.80. The van der Waals surface area contributed by atoms with Crippen molar-refractivity contribution in [1.29, 1.82) is 0 Å². The standard InChI is InChI=1S/C14H18ClN5/c1-2-3-4-10-5-7-11(8-6-10)18-13-12(15)9-17-14(19-13)20-16/h5-9H,2-4,16H2,1H3,(H2,17,18,19,20). The molecular weight excluding hydrogens is 274 g/mol. The molecule has 0 saturated carbocycles. The Balaban J connectivity index is 2.09. The first-order chi connectivity index (χ1) is 9.72. The third-order valence-corrected chi connectivity index (χ3v) is 3.19. The van der Waals surface area contributed by atoms with E-state index in [0.29, 0.717) is 16.8 Å². The molecule has 4 N–H and O–H groups in total. The smallest absolute Gasteiger partial charge is 0.239 e. The Morgan fingerprint density at radius 3 is 2.65 bits per heavy atom. The first-order valence-electron chi connectivity index (χ1n) is 6.58. The summed E-state index contributed by atoms with van der Waals surface area (Å²) in [6, 6.07) is 8.24. The molecule has 0 fully saturated rings. The number of anilines is 3. The van der Waals surface area contributed by atoms with Crippen LogP contribution in [0.2, 0.25) is 5.02 Å². The molecular formula is C14H18ClN5. The summed E-state index contributed by atoms with van der Waals surface area (Å²) in [5.41, 5.74) is 4.65. The SMILES string of the molecule is CCCCc1ccc(Nc2nc(NN)ncc2Cl)cc1. The van der Waals surface area contributed by atoms with Crippen LogP contribution < -0.4 is 16.6 Å². The third-order valence-electron chi connectivity index (χ3n) is 2.91. The predicted molar refractivity (Wildman–Crippen MR) is 83.2 cm³/mol. The van der Waals surface area contributed by atoms with Gasteiger partial charge in [0, 0.05) is 5.69 Å². The van der Waals surface area contributed by atoms with Gasteiger partial charge in [-0.05, 0) is 30.5 Å². The van der Waals surface area contributed by atoms with Crippen LogP contribution in [0.3, 0.4) is 0 Å². The molecule has 2 aromatic rings. The Kier molecular flexibility index (Phi) is 5.15. The van der Waals surface area contributed by atoms with Crippen molar-refractivity contribution in [3.05, 3.63) is 41.0 Å². The van der Waals surface area contributed by atoms with E-state index in [9.17, 15) is 0 Å². The average Bonchev–Trinajstić information content (AvgIpc) is 2.49. The van der Waals surface area contributed by atoms with Crippen LogP contribution >= 0.6 is 11.6 Å². The van der Waals surface area contributed by atoms with Gasteiger partial charge in [-0.25, -0.2) is 10.8 Å². The van der Waals surface area contributed by atoms with E-state index in [-0.39, 0.29) is 0 Å². The highest BCUT2D eigenvalue weighted by molar-refractivity contribution is 6.32. The van der Waals surface area contributed by atoms with Crippen LogP contribution in [0, 0.1) is 0 Å². The van der Waals surface area contributed by atoms with Gasteiger partial charge >= 0.3 is 0 Å². The largest absolute Gasteiger partial charge is 0.339 e. The van der Waals surface area contributed by atoms with Crippen LogP contribution in [-0.4, -0.2) is 9.97 Å². The summed E-state index contributed by atoms with van der Waals surface area (Å²) in [4.78, 5) is 8.10. The van der Waals surface area contributed by atoms with Crippen molar-refractivity contribution in [1.82, 2.24) is 9.97 Å². The number of rotatable bonds is 6. The van der Waals surface area contributed by atoms with Gasteiger partial charge in [-0.2, -0.15) is 4.98 Å². The van der Waals surface area contributed by atoms with Gasteiger partial charge in [0.2, 0.25) is 5.95 Å². The highest BCUT2D eigenvalue weighted by atomic mass is 35.5. The van der Waals surface area contributed by atoms with E-state index in [1.54, 1.807) is 0 Å². The molecule has 1 aromatic heterocycles. The topological polar surface area (TPSA) is 75.9 Å². The molecule has 0 spiro atoms. The van der Waals surface area contributed by atoms with Gasteiger partial charge in [-0.3, -0.25) is 5.43 Å². The van der Waals surface area contributed by atoms with E-state index in [2.05, 4.69) is 39.8 Å². The maximum atomic E-state index is 6.05. The first kappa shape index (κ1) is 14.6. The molecule has 0 amide bonds. The molecule has 6 heteroatoms. The maximum Gasteiger partial charge on any atom is 0.239 e. The number of aromatic nitrogens is 2. The summed E-state index contributed by atoms with van der Waals surface area (Å²) in [6.07, 6.45) is 5.01. The van der Waals surface area contributed by atoms with Crippen molar-refractivity contribution in [2.75, 3.05) is 10.7 Å². The lowest BCUT2D eigenvalue weighted by Gasteiger charge is -2.09. The van der Waals surface area contributed by atoms with Crippen molar-refractivity contribution in [3.63, 3.8) is 0 Å². The summed E-state index contributed by atoms with van der Waals surface area (Å²) in [6.45, 7) is 2.19. The highest BCUT2D eigenvalue weighted by Gasteiger charge is 2.05. The van der Waals surface area contributed by atoms with Gasteiger partial charge in [-0.15, -0.1) is 0 Å². The second-order valence-corrected chi connectivity index (χ2v) is 4.87. The van der Waals surface area contributed by atoms with E-state index in [1.807, 2.05) is 12.1 Å². The number of halogens is 1. The molecule has 0 atom stereocenters. The number of benzene rings is 1. The van der Waals surface area contributed by atoms with E-state index >= 15 is 0 Å².